The van der Waals surface area contributed by atoms with E-state index >= 15 is 0 Å². The Hall–Kier alpha value is -2.81. The van der Waals surface area contributed by atoms with Crippen molar-refractivity contribution in [2.45, 2.75) is 12.8 Å². The summed E-state index contributed by atoms with van der Waals surface area (Å²) in [4.78, 5) is 30.5. The van der Waals surface area contributed by atoms with Gasteiger partial charge >= 0.3 is 5.76 Å². The smallest absolute Gasteiger partial charge is 0.417 e. The highest BCUT2D eigenvalue weighted by Crippen LogP contribution is 2.28. The first-order valence-corrected chi connectivity index (χ1v) is 10.6. The SMILES string of the molecule is O=C(CCCOc1ccc(Cl)cc1Cl)Nc1nc(-c2ccc3[nH]c(=O)oc3c2)cs1. The lowest BCUT2D eigenvalue weighted by Gasteiger charge is -2.08. The average Bonchev–Trinajstić information content (AvgIpc) is 3.31. The summed E-state index contributed by atoms with van der Waals surface area (Å²) in [7, 11) is 0. The molecule has 0 aliphatic heterocycles. The number of benzene rings is 2. The van der Waals surface area contributed by atoms with Crippen LogP contribution < -0.4 is 15.8 Å². The van der Waals surface area contributed by atoms with Gasteiger partial charge in [0.1, 0.15) is 5.75 Å². The van der Waals surface area contributed by atoms with Crippen molar-refractivity contribution in [2.24, 2.45) is 0 Å². The van der Waals surface area contributed by atoms with Gasteiger partial charge in [0.05, 0.1) is 22.8 Å². The largest absolute Gasteiger partial charge is 0.492 e. The Morgan fingerprint density at radius 1 is 1.23 bits per heavy atom. The van der Waals surface area contributed by atoms with E-state index in [0.717, 1.165) is 5.56 Å². The number of carbonyl (C=O) groups excluding carboxylic acids is 1. The molecular formula is C20H15Cl2N3O4S. The Labute approximate surface area is 184 Å². The highest BCUT2D eigenvalue weighted by molar-refractivity contribution is 7.14. The van der Waals surface area contributed by atoms with Gasteiger partial charge in [-0.1, -0.05) is 29.3 Å². The van der Waals surface area contributed by atoms with E-state index in [1.54, 1.807) is 30.3 Å². The summed E-state index contributed by atoms with van der Waals surface area (Å²) in [5.41, 5.74) is 2.54. The number of ether oxygens (including phenoxy) is 1. The number of H-pyrrole nitrogens is 1. The Morgan fingerprint density at radius 3 is 2.93 bits per heavy atom. The third-order valence-electron chi connectivity index (χ3n) is 4.17. The van der Waals surface area contributed by atoms with Crippen molar-refractivity contribution in [3.05, 3.63) is 62.4 Å². The fraction of sp³-hybridized carbons (Fsp3) is 0.150. The number of anilines is 1. The number of hydrogen-bond donors (Lipinski definition) is 2. The van der Waals surface area contributed by atoms with Gasteiger partial charge in [0.25, 0.3) is 0 Å². The monoisotopic (exact) mass is 463 g/mol. The first-order valence-electron chi connectivity index (χ1n) is 8.94. The van der Waals surface area contributed by atoms with Crippen LogP contribution in [0.5, 0.6) is 5.75 Å². The molecule has 0 saturated heterocycles. The van der Waals surface area contributed by atoms with Gasteiger partial charge in [0.15, 0.2) is 10.7 Å². The van der Waals surface area contributed by atoms with E-state index in [4.69, 9.17) is 32.4 Å². The van der Waals surface area contributed by atoms with Gasteiger partial charge in [-0.2, -0.15) is 0 Å². The first kappa shape index (κ1) is 20.5. The molecule has 0 aliphatic rings. The highest BCUT2D eigenvalue weighted by Gasteiger charge is 2.10. The molecule has 0 bridgehead atoms. The molecule has 2 N–H and O–H groups in total. The second-order valence-corrected chi connectivity index (χ2v) is 8.04. The molecule has 30 heavy (non-hydrogen) atoms. The normalized spacial score (nSPS) is 11.0. The fourth-order valence-corrected chi connectivity index (χ4v) is 3.96. The Kier molecular flexibility index (Phi) is 6.08. The molecule has 7 nitrogen and oxygen atoms in total. The van der Waals surface area contributed by atoms with E-state index in [-0.39, 0.29) is 12.3 Å². The molecule has 0 fully saturated rings. The van der Waals surface area contributed by atoms with Crippen LogP contribution in [0.1, 0.15) is 12.8 Å². The molecule has 10 heteroatoms. The minimum absolute atomic E-state index is 0.159. The second kappa shape index (κ2) is 8.91. The van der Waals surface area contributed by atoms with Crippen LogP contribution in [0.3, 0.4) is 0 Å². The predicted octanol–water partition coefficient (Wildman–Crippen LogP) is 5.35. The molecule has 2 heterocycles. The standard InChI is InChI=1S/C20H15Cl2N3O4S/c21-12-4-6-16(13(22)9-12)28-7-1-2-18(26)25-19-23-15(10-30-19)11-3-5-14-17(8-11)29-20(27)24-14/h3-6,8-10H,1-2,7H2,(H,24,27)(H,23,25,26). The minimum atomic E-state index is -0.504. The zero-order valence-corrected chi connectivity index (χ0v) is 17.7. The van der Waals surface area contributed by atoms with Gasteiger partial charge in [-0.15, -0.1) is 11.3 Å². The van der Waals surface area contributed by atoms with Crippen LogP contribution in [0.2, 0.25) is 10.0 Å². The Morgan fingerprint density at radius 2 is 2.10 bits per heavy atom. The lowest BCUT2D eigenvalue weighted by atomic mass is 10.1. The molecular weight excluding hydrogens is 449 g/mol. The number of thiazole rings is 1. The van der Waals surface area contributed by atoms with Crippen molar-refractivity contribution in [3.63, 3.8) is 0 Å². The van der Waals surface area contributed by atoms with Gasteiger partial charge in [-0.05, 0) is 36.8 Å². The van der Waals surface area contributed by atoms with E-state index in [0.29, 0.717) is 50.7 Å². The lowest BCUT2D eigenvalue weighted by molar-refractivity contribution is -0.116. The van der Waals surface area contributed by atoms with E-state index in [9.17, 15) is 9.59 Å². The van der Waals surface area contributed by atoms with Crippen molar-refractivity contribution in [2.75, 3.05) is 11.9 Å². The maximum absolute atomic E-state index is 12.2. The van der Waals surface area contributed by atoms with Crippen molar-refractivity contribution < 1.29 is 13.9 Å². The molecule has 0 aliphatic carbocycles. The predicted molar refractivity (Wildman–Crippen MR) is 118 cm³/mol. The van der Waals surface area contributed by atoms with Crippen LogP contribution in [-0.2, 0) is 4.79 Å². The molecule has 0 radical (unpaired) electrons. The summed E-state index contributed by atoms with van der Waals surface area (Å²) in [5, 5.41) is 6.06. The molecule has 0 spiro atoms. The van der Waals surface area contributed by atoms with Crippen LogP contribution in [-0.4, -0.2) is 22.5 Å². The maximum atomic E-state index is 12.2. The zero-order chi connectivity index (χ0) is 21.1. The van der Waals surface area contributed by atoms with Gasteiger partial charge in [-0.3, -0.25) is 9.78 Å². The molecule has 2 aromatic carbocycles. The average molecular weight is 464 g/mol. The van der Waals surface area contributed by atoms with Crippen LogP contribution in [0, 0.1) is 0 Å². The van der Waals surface area contributed by atoms with E-state index in [1.165, 1.54) is 11.3 Å². The number of nitrogens with one attached hydrogen (secondary N) is 2. The number of aromatic amines is 1. The topological polar surface area (TPSA) is 97.2 Å². The highest BCUT2D eigenvalue weighted by atomic mass is 35.5. The van der Waals surface area contributed by atoms with Gasteiger partial charge < -0.3 is 14.5 Å². The fourth-order valence-electron chi connectivity index (χ4n) is 2.76. The molecule has 4 aromatic rings. The van der Waals surface area contributed by atoms with E-state index in [1.807, 2.05) is 11.4 Å². The van der Waals surface area contributed by atoms with Gasteiger partial charge in [-0.25, -0.2) is 9.78 Å². The number of aromatic nitrogens is 2. The van der Waals surface area contributed by atoms with Crippen molar-refractivity contribution in [3.8, 4) is 17.0 Å². The number of fused-ring (bicyclic) bond motifs is 1. The Balaban J connectivity index is 1.29. The summed E-state index contributed by atoms with van der Waals surface area (Å²) in [6.07, 6.45) is 0.798. The molecule has 0 atom stereocenters. The number of hydrogen-bond acceptors (Lipinski definition) is 6. The number of amides is 1. The van der Waals surface area contributed by atoms with E-state index < -0.39 is 5.76 Å². The van der Waals surface area contributed by atoms with Crippen LogP contribution in [0.25, 0.3) is 22.4 Å². The summed E-state index contributed by atoms with van der Waals surface area (Å²) in [5.74, 6) is -0.134. The van der Waals surface area contributed by atoms with Gasteiger partial charge in [0, 0.05) is 22.4 Å². The van der Waals surface area contributed by atoms with Gasteiger partial charge in [0.2, 0.25) is 5.91 Å². The maximum Gasteiger partial charge on any atom is 0.417 e. The number of carbonyl (C=O) groups is 1. The molecule has 2 aromatic heterocycles. The van der Waals surface area contributed by atoms with Crippen LogP contribution >= 0.6 is 34.5 Å². The molecule has 4 rings (SSSR count). The Bertz CT molecular complexity index is 1260. The number of rotatable bonds is 7. The molecule has 0 unspecified atom stereocenters. The molecule has 0 saturated carbocycles. The summed E-state index contributed by atoms with van der Waals surface area (Å²) < 4.78 is 10.6. The number of nitrogens with zero attached hydrogens (tertiary/aromatic N) is 1. The third kappa shape index (κ3) is 4.84. The van der Waals surface area contributed by atoms with E-state index in [2.05, 4.69) is 15.3 Å². The third-order valence-corrected chi connectivity index (χ3v) is 5.46. The van der Waals surface area contributed by atoms with Crippen molar-refractivity contribution in [1.82, 2.24) is 9.97 Å². The molecule has 1 amide bonds. The molecule has 154 valence electrons. The number of halogens is 2. The quantitative estimate of drug-likeness (QED) is 0.360. The summed E-state index contributed by atoms with van der Waals surface area (Å²) in [6.45, 7) is 0.347. The van der Waals surface area contributed by atoms with Crippen LogP contribution in [0.15, 0.2) is 51.0 Å². The minimum Gasteiger partial charge on any atom is -0.492 e. The zero-order valence-electron chi connectivity index (χ0n) is 15.4. The summed E-state index contributed by atoms with van der Waals surface area (Å²) in [6, 6.07) is 10.3. The second-order valence-electron chi connectivity index (χ2n) is 6.34. The van der Waals surface area contributed by atoms with Crippen molar-refractivity contribution in [1.29, 1.82) is 0 Å². The van der Waals surface area contributed by atoms with Crippen LogP contribution in [0.4, 0.5) is 5.13 Å². The number of oxazole rings is 1. The lowest BCUT2D eigenvalue weighted by Crippen LogP contribution is -2.12. The van der Waals surface area contributed by atoms with Crippen molar-refractivity contribution >= 4 is 56.7 Å². The summed E-state index contributed by atoms with van der Waals surface area (Å²) >= 11 is 13.2. The first-order chi connectivity index (χ1) is 14.5.